The fourth-order valence-electron chi connectivity index (χ4n) is 3.67. The largest absolute Gasteiger partial charge is 0.489 e. The van der Waals surface area contributed by atoms with E-state index in [-0.39, 0.29) is 6.42 Å². The molecule has 0 amide bonds. The van der Waals surface area contributed by atoms with Crippen molar-refractivity contribution in [2.45, 2.75) is 25.9 Å². The number of carboxylic acid groups (broad SMARTS) is 1. The lowest BCUT2D eigenvalue weighted by Crippen LogP contribution is -2.04. The summed E-state index contributed by atoms with van der Waals surface area (Å²) in [6, 6.07) is 30.8. The minimum absolute atomic E-state index is 0.130. The summed E-state index contributed by atoms with van der Waals surface area (Å²) in [5.41, 5.74) is 4.52. The zero-order valence-electron chi connectivity index (χ0n) is 16.8. The highest BCUT2D eigenvalue weighted by Gasteiger charge is 2.09. The lowest BCUT2D eigenvalue weighted by Gasteiger charge is -2.13. The molecule has 0 fully saturated rings. The average molecular weight is 396 g/mol. The highest BCUT2D eigenvalue weighted by molar-refractivity contribution is 5.83. The van der Waals surface area contributed by atoms with E-state index >= 15 is 0 Å². The molecule has 0 atom stereocenters. The molecule has 0 unspecified atom stereocenters. The maximum Gasteiger partial charge on any atom is 0.303 e. The summed E-state index contributed by atoms with van der Waals surface area (Å²) in [4.78, 5) is 11.1. The second kappa shape index (κ2) is 9.27. The second-order valence-corrected chi connectivity index (χ2v) is 7.46. The summed E-state index contributed by atoms with van der Waals surface area (Å²) in [5, 5.41) is 11.6. The minimum Gasteiger partial charge on any atom is -0.489 e. The van der Waals surface area contributed by atoms with Gasteiger partial charge in [-0.3, -0.25) is 4.79 Å². The highest BCUT2D eigenvalue weighted by atomic mass is 16.5. The Labute approximate surface area is 176 Å². The van der Waals surface area contributed by atoms with E-state index in [4.69, 9.17) is 9.84 Å². The molecular formula is C27H24O3. The summed E-state index contributed by atoms with van der Waals surface area (Å²) in [6.45, 7) is 0.480. The fourth-order valence-corrected chi connectivity index (χ4v) is 3.67. The van der Waals surface area contributed by atoms with E-state index in [1.165, 1.54) is 16.3 Å². The Kier molecular flexibility index (Phi) is 6.09. The number of fused-ring (bicyclic) bond motifs is 1. The number of ether oxygens (including phenoxy) is 1. The van der Waals surface area contributed by atoms with Crippen molar-refractivity contribution in [3.63, 3.8) is 0 Å². The highest BCUT2D eigenvalue weighted by Crippen LogP contribution is 2.22. The van der Waals surface area contributed by atoms with Crippen LogP contribution >= 0.6 is 0 Å². The number of carboxylic acids is 1. The maximum atomic E-state index is 11.1. The number of hydrogen-bond donors (Lipinski definition) is 1. The van der Waals surface area contributed by atoms with Gasteiger partial charge in [-0.15, -0.1) is 0 Å². The zero-order chi connectivity index (χ0) is 20.8. The molecule has 0 bridgehead atoms. The third kappa shape index (κ3) is 5.06. The Morgan fingerprint density at radius 2 is 1.47 bits per heavy atom. The van der Waals surface area contributed by atoms with Crippen molar-refractivity contribution in [3.8, 4) is 5.75 Å². The smallest absolute Gasteiger partial charge is 0.303 e. The standard InChI is InChI=1S/C27H24O3/c28-27(29)15-14-23-13-11-21(19-30-26-8-2-1-3-9-26)18-25(23)17-20-10-12-22-6-4-5-7-24(22)16-20/h1-13,16,18H,14-15,17,19H2,(H,28,29). The van der Waals surface area contributed by atoms with Crippen LogP contribution in [0, 0.1) is 0 Å². The molecule has 3 nitrogen and oxygen atoms in total. The van der Waals surface area contributed by atoms with Crippen molar-refractivity contribution in [3.05, 3.63) is 113 Å². The topological polar surface area (TPSA) is 46.5 Å². The SMILES string of the molecule is O=C(O)CCc1ccc(COc2ccccc2)cc1Cc1ccc2ccccc2c1. The first-order valence-corrected chi connectivity index (χ1v) is 10.2. The van der Waals surface area contributed by atoms with Crippen LogP contribution in [0.25, 0.3) is 10.8 Å². The second-order valence-electron chi connectivity index (χ2n) is 7.46. The lowest BCUT2D eigenvalue weighted by atomic mass is 9.94. The molecule has 1 N–H and O–H groups in total. The molecule has 3 heteroatoms. The maximum absolute atomic E-state index is 11.1. The summed E-state index contributed by atoms with van der Waals surface area (Å²) >= 11 is 0. The van der Waals surface area contributed by atoms with Crippen LogP contribution in [0.4, 0.5) is 0 Å². The van der Waals surface area contributed by atoms with Crippen LogP contribution in [-0.4, -0.2) is 11.1 Å². The van der Waals surface area contributed by atoms with Crippen LogP contribution in [0.15, 0.2) is 91.0 Å². The number of para-hydroxylation sites is 1. The van der Waals surface area contributed by atoms with Gasteiger partial charge in [-0.1, -0.05) is 78.9 Å². The molecule has 0 saturated carbocycles. The first kappa shape index (κ1) is 19.7. The minimum atomic E-state index is -0.775. The molecule has 0 aliphatic rings. The van der Waals surface area contributed by atoms with Crippen LogP contribution in [0.1, 0.15) is 28.7 Å². The van der Waals surface area contributed by atoms with Crippen molar-refractivity contribution in [2.75, 3.05) is 0 Å². The van der Waals surface area contributed by atoms with Crippen molar-refractivity contribution in [1.82, 2.24) is 0 Å². The summed E-state index contributed by atoms with van der Waals surface area (Å²) < 4.78 is 5.90. The first-order chi connectivity index (χ1) is 14.7. The van der Waals surface area contributed by atoms with E-state index in [1.54, 1.807) is 0 Å². The molecule has 0 aliphatic heterocycles. The third-order valence-corrected chi connectivity index (χ3v) is 5.24. The monoisotopic (exact) mass is 396 g/mol. The van der Waals surface area contributed by atoms with Gasteiger partial charge in [-0.05, 0) is 58.0 Å². The normalized spacial score (nSPS) is 10.8. The Morgan fingerprint density at radius 3 is 2.27 bits per heavy atom. The van der Waals surface area contributed by atoms with Crippen molar-refractivity contribution >= 4 is 16.7 Å². The molecule has 4 aromatic rings. The van der Waals surface area contributed by atoms with Gasteiger partial charge in [-0.2, -0.15) is 0 Å². The molecule has 150 valence electrons. The van der Waals surface area contributed by atoms with E-state index < -0.39 is 5.97 Å². The van der Waals surface area contributed by atoms with Crippen molar-refractivity contribution < 1.29 is 14.6 Å². The molecule has 0 saturated heterocycles. The third-order valence-electron chi connectivity index (χ3n) is 5.24. The van der Waals surface area contributed by atoms with E-state index in [0.29, 0.717) is 13.0 Å². The molecule has 30 heavy (non-hydrogen) atoms. The van der Waals surface area contributed by atoms with E-state index in [2.05, 4.69) is 36.4 Å². The van der Waals surface area contributed by atoms with E-state index in [1.807, 2.05) is 54.6 Å². The average Bonchev–Trinajstić information content (AvgIpc) is 2.77. The predicted molar refractivity (Wildman–Crippen MR) is 120 cm³/mol. The van der Waals surface area contributed by atoms with Crippen LogP contribution < -0.4 is 4.74 Å². The van der Waals surface area contributed by atoms with Crippen LogP contribution in [-0.2, 0) is 24.2 Å². The molecule has 4 aromatic carbocycles. The molecular weight excluding hydrogens is 372 g/mol. The van der Waals surface area contributed by atoms with Gasteiger partial charge >= 0.3 is 5.97 Å². The van der Waals surface area contributed by atoms with Gasteiger partial charge in [0.25, 0.3) is 0 Å². The van der Waals surface area contributed by atoms with Gasteiger partial charge in [0, 0.05) is 6.42 Å². The number of aliphatic carboxylic acids is 1. The number of aryl methyl sites for hydroxylation is 1. The van der Waals surface area contributed by atoms with Gasteiger partial charge in [-0.25, -0.2) is 0 Å². The Hall–Kier alpha value is -3.59. The van der Waals surface area contributed by atoms with Crippen LogP contribution in [0.3, 0.4) is 0 Å². The molecule has 0 radical (unpaired) electrons. The summed E-state index contributed by atoms with van der Waals surface area (Å²) in [7, 11) is 0. The first-order valence-electron chi connectivity index (χ1n) is 10.2. The van der Waals surface area contributed by atoms with E-state index in [9.17, 15) is 4.79 Å². The predicted octanol–water partition coefficient (Wildman–Crippen LogP) is 6.03. The lowest BCUT2D eigenvalue weighted by molar-refractivity contribution is -0.136. The number of benzene rings is 4. The molecule has 4 rings (SSSR count). The number of carbonyl (C=O) groups is 1. The molecule has 0 spiro atoms. The van der Waals surface area contributed by atoms with Crippen LogP contribution in [0.5, 0.6) is 5.75 Å². The van der Waals surface area contributed by atoms with Gasteiger partial charge in [0.05, 0.1) is 0 Å². The summed E-state index contributed by atoms with van der Waals surface area (Å²) in [6.07, 6.45) is 1.42. The Morgan fingerprint density at radius 1 is 0.733 bits per heavy atom. The molecule has 0 aromatic heterocycles. The molecule has 0 heterocycles. The van der Waals surface area contributed by atoms with Crippen molar-refractivity contribution in [2.24, 2.45) is 0 Å². The number of hydrogen-bond acceptors (Lipinski definition) is 2. The zero-order valence-corrected chi connectivity index (χ0v) is 16.8. The molecule has 0 aliphatic carbocycles. The Balaban J connectivity index is 1.58. The summed E-state index contributed by atoms with van der Waals surface area (Å²) in [5.74, 6) is 0.0617. The number of rotatable bonds is 8. The van der Waals surface area contributed by atoms with E-state index in [0.717, 1.165) is 28.9 Å². The van der Waals surface area contributed by atoms with Crippen LogP contribution in [0.2, 0.25) is 0 Å². The van der Waals surface area contributed by atoms with Gasteiger partial charge in [0.1, 0.15) is 12.4 Å². The quantitative estimate of drug-likeness (QED) is 0.396. The van der Waals surface area contributed by atoms with Gasteiger partial charge in [0.15, 0.2) is 0 Å². The van der Waals surface area contributed by atoms with Crippen molar-refractivity contribution in [1.29, 1.82) is 0 Å². The van der Waals surface area contributed by atoms with Gasteiger partial charge < -0.3 is 9.84 Å². The Bertz CT molecular complexity index is 1150. The fraction of sp³-hybridized carbons (Fsp3) is 0.148. The van der Waals surface area contributed by atoms with Gasteiger partial charge in [0.2, 0.25) is 0 Å².